The Kier molecular flexibility index (Phi) is 5.88. The summed E-state index contributed by atoms with van der Waals surface area (Å²) in [7, 11) is 0. The Hall–Kier alpha value is -2.44. The first-order valence-electron chi connectivity index (χ1n) is 10.1. The van der Waals surface area contributed by atoms with Gasteiger partial charge in [0.2, 0.25) is 5.89 Å². The molecule has 1 saturated heterocycles. The van der Waals surface area contributed by atoms with E-state index in [0.717, 1.165) is 39.1 Å². The predicted octanol–water partition coefficient (Wildman–Crippen LogP) is 2.78. The maximum Gasteiger partial charge on any atom is 0.276 e. The Morgan fingerprint density at radius 1 is 1.11 bits per heavy atom. The highest BCUT2D eigenvalue weighted by atomic mass is 16.3. The van der Waals surface area contributed by atoms with Crippen molar-refractivity contribution in [2.45, 2.75) is 32.5 Å². The minimum absolute atomic E-state index is 0.0421. The second kappa shape index (κ2) is 8.71. The average Bonchev–Trinajstić information content (AvgIpc) is 3.39. The van der Waals surface area contributed by atoms with Crippen LogP contribution < -0.4 is 0 Å². The van der Waals surface area contributed by atoms with Crippen molar-refractivity contribution >= 4 is 5.91 Å². The minimum atomic E-state index is -0.0421. The molecule has 6 heteroatoms. The van der Waals surface area contributed by atoms with E-state index in [0.29, 0.717) is 24.7 Å². The minimum Gasteiger partial charge on any atom is -0.447 e. The number of rotatable bonds is 6. The van der Waals surface area contributed by atoms with Crippen LogP contribution in [-0.2, 0) is 13.1 Å². The third kappa shape index (κ3) is 4.34. The van der Waals surface area contributed by atoms with E-state index in [2.05, 4.69) is 58.1 Å². The SMILES string of the molecule is CC[C@H]1C=CCN1C(=O)c1coc(CN2CCN(Cc3ccccc3)CC2)n1. The summed E-state index contributed by atoms with van der Waals surface area (Å²) in [6.07, 6.45) is 6.56. The van der Waals surface area contributed by atoms with Crippen molar-refractivity contribution in [1.29, 1.82) is 0 Å². The molecule has 1 amide bonds. The molecule has 3 heterocycles. The molecule has 0 radical (unpaired) electrons. The van der Waals surface area contributed by atoms with Gasteiger partial charge in [0.25, 0.3) is 5.91 Å². The summed E-state index contributed by atoms with van der Waals surface area (Å²) < 4.78 is 5.61. The summed E-state index contributed by atoms with van der Waals surface area (Å²) in [6, 6.07) is 10.8. The lowest BCUT2D eigenvalue weighted by Crippen LogP contribution is -2.45. The lowest BCUT2D eigenvalue weighted by molar-refractivity contribution is 0.0741. The third-order valence-corrected chi connectivity index (χ3v) is 5.58. The molecule has 2 aliphatic heterocycles. The molecule has 0 unspecified atom stereocenters. The zero-order valence-corrected chi connectivity index (χ0v) is 16.5. The van der Waals surface area contributed by atoms with E-state index < -0.39 is 0 Å². The Bertz CT molecular complexity index is 809. The largest absolute Gasteiger partial charge is 0.447 e. The fraction of sp³-hybridized carbons (Fsp3) is 0.455. The number of hydrogen-bond donors (Lipinski definition) is 0. The van der Waals surface area contributed by atoms with Crippen LogP contribution in [0.25, 0.3) is 0 Å². The van der Waals surface area contributed by atoms with E-state index in [9.17, 15) is 4.79 Å². The van der Waals surface area contributed by atoms with Crippen LogP contribution in [0, 0.1) is 0 Å². The zero-order valence-electron chi connectivity index (χ0n) is 16.5. The molecule has 6 nitrogen and oxygen atoms in total. The summed E-state index contributed by atoms with van der Waals surface area (Å²) in [5.41, 5.74) is 1.77. The molecule has 0 saturated carbocycles. The van der Waals surface area contributed by atoms with Crippen LogP contribution in [-0.4, -0.2) is 64.4 Å². The van der Waals surface area contributed by atoms with Gasteiger partial charge in [-0.15, -0.1) is 0 Å². The van der Waals surface area contributed by atoms with Crippen molar-refractivity contribution < 1.29 is 9.21 Å². The molecular formula is C22H28N4O2. The molecule has 1 atom stereocenters. The molecule has 0 bridgehead atoms. The first-order valence-corrected chi connectivity index (χ1v) is 10.1. The van der Waals surface area contributed by atoms with Gasteiger partial charge >= 0.3 is 0 Å². The molecule has 28 heavy (non-hydrogen) atoms. The number of oxazole rings is 1. The fourth-order valence-corrected chi connectivity index (χ4v) is 3.93. The lowest BCUT2D eigenvalue weighted by atomic mass is 10.2. The topological polar surface area (TPSA) is 52.8 Å². The van der Waals surface area contributed by atoms with Crippen molar-refractivity contribution in [1.82, 2.24) is 19.7 Å². The molecule has 1 aromatic carbocycles. The molecule has 1 fully saturated rings. The van der Waals surface area contributed by atoms with E-state index in [1.165, 1.54) is 11.8 Å². The van der Waals surface area contributed by atoms with Crippen LogP contribution in [0.15, 0.2) is 53.2 Å². The Labute approximate surface area is 166 Å². The van der Waals surface area contributed by atoms with Crippen molar-refractivity contribution in [2.75, 3.05) is 32.7 Å². The smallest absolute Gasteiger partial charge is 0.276 e. The number of benzene rings is 1. The van der Waals surface area contributed by atoms with Gasteiger partial charge in [-0.2, -0.15) is 0 Å². The van der Waals surface area contributed by atoms with Crippen LogP contribution in [0.5, 0.6) is 0 Å². The quantitative estimate of drug-likeness (QED) is 0.722. The van der Waals surface area contributed by atoms with Crippen LogP contribution >= 0.6 is 0 Å². The molecule has 1 aromatic heterocycles. The second-order valence-corrected chi connectivity index (χ2v) is 7.53. The number of nitrogens with zero attached hydrogens (tertiary/aromatic N) is 4. The Morgan fingerprint density at radius 2 is 1.82 bits per heavy atom. The lowest BCUT2D eigenvalue weighted by Gasteiger charge is -2.34. The van der Waals surface area contributed by atoms with Gasteiger partial charge in [0.15, 0.2) is 5.69 Å². The molecule has 2 aliphatic rings. The number of piperazine rings is 1. The first kappa shape index (κ1) is 18.9. The van der Waals surface area contributed by atoms with E-state index in [4.69, 9.17) is 4.42 Å². The van der Waals surface area contributed by atoms with Gasteiger partial charge < -0.3 is 9.32 Å². The van der Waals surface area contributed by atoms with Crippen molar-refractivity contribution in [3.8, 4) is 0 Å². The van der Waals surface area contributed by atoms with Crippen LogP contribution in [0.2, 0.25) is 0 Å². The highest BCUT2D eigenvalue weighted by Gasteiger charge is 2.27. The van der Waals surface area contributed by atoms with Crippen LogP contribution in [0.4, 0.5) is 0 Å². The number of carbonyl (C=O) groups excluding carboxylic acids is 1. The summed E-state index contributed by atoms with van der Waals surface area (Å²) >= 11 is 0. The normalized spacial score (nSPS) is 20.8. The van der Waals surface area contributed by atoms with Crippen molar-refractivity contribution in [3.05, 3.63) is 65.9 Å². The van der Waals surface area contributed by atoms with Gasteiger partial charge in [-0.1, -0.05) is 49.4 Å². The van der Waals surface area contributed by atoms with E-state index in [1.807, 2.05) is 11.0 Å². The van der Waals surface area contributed by atoms with Crippen LogP contribution in [0.3, 0.4) is 0 Å². The summed E-state index contributed by atoms with van der Waals surface area (Å²) in [6.45, 7) is 8.41. The summed E-state index contributed by atoms with van der Waals surface area (Å²) in [4.78, 5) is 23.8. The number of aromatic nitrogens is 1. The maximum absolute atomic E-state index is 12.7. The second-order valence-electron chi connectivity index (χ2n) is 7.53. The molecule has 0 spiro atoms. The molecule has 0 aliphatic carbocycles. The molecule has 4 rings (SSSR count). The highest BCUT2D eigenvalue weighted by Crippen LogP contribution is 2.17. The number of amides is 1. The van der Waals surface area contributed by atoms with Crippen molar-refractivity contribution in [2.24, 2.45) is 0 Å². The third-order valence-electron chi connectivity index (χ3n) is 5.58. The van der Waals surface area contributed by atoms with Gasteiger partial charge in [0.1, 0.15) is 6.26 Å². The molecule has 2 aromatic rings. The predicted molar refractivity (Wildman–Crippen MR) is 108 cm³/mol. The zero-order chi connectivity index (χ0) is 19.3. The van der Waals surface area contributed by atoms with E-state index in [1.54, 1.807) is 0 Å². The first-order chi connectivity index (χ1) is 13.7. The Balaban J connectivity index is 1.27. The molecule has 0 N–H and O–H groups in total. The van der Waals surface area contributed by atoms with E-state index in [-0.39, 0.29) is 11.9 Å². The monoisotopic (exact) mass is 380 g/mol. The van der Waals surface area contributed by atoms with Gasteiger partial charge in [-0.3, -0.25) is 14.6 Å². The van der Waals surface area contributed by atoms with Crippen LogP contribution in [0.1, 0.15) is 35.3 Å². The summed E-state index contributed by atoms with van der Waals surface area (Å²) in [5, 5.41) is 0. The Morgan fingerprint density at radius 3 is 2.54 bits per heavy atom. The van der Waals surface area contributed by atoms with Gasteiger partial charge in [-0.05, 0) is 12.0 Å². The summed E-state index contributed by atoms with van der Waals surface area (Å²) in [5.74, 6) is 0.583. The van der Waals surface area contributed by atoms with Crippen molar-refractivity contribution in [3.63, 3.8) is 0 Å². The number of carbonyl (C=O) groups is 1. The average molecular weight is 380 g/mol. The standard InChI is InChI=1S/C22H28N4O2/c1-2-19-9-6-10-26(19)22(27)20-17-28-21(23-20)16-25-13-11-24(12-14-25)15-18-7-4-3-5-8-18/h3-9,17,19H,2,10-16H2,1H3/t19-/m0/s1. The molecule has 148 valence electrons. The van der Waals surface area contributed by atoms with Gasteiger partial charge in [0.05, 0.1) is 12.6 Å². The number of hydrogen-bond acceptors (Lipinski definition) is 5. The van der Waals surface area contributed by atoms with Gasteiger partial charge in [0, 0.05) is 39.3 Å². The highest BCUT2D eigenvalue weighted by molar-refractivity contribution is 5.92. The maximum atomic E-state index is 12.7. The fourth-order valence-electron chi connectivity index (χ4n) is 3.93. The molecular weight excluding hydrogens is 352 g/mol. The van der Waals surface area contributed by atoms with Gasteiger partial charge in [-0.25, -0.2) is 4.98 Å². The van der Waals surface area contributed by atoms with E-state index >= 15 is 0 Å².